The van der Waals surface area contributed by atoms with Crippen molar-refractivity contribution in [3.63, 3.8) is 0 Å². The lowest BCUT2D eigenvalue weighted by molar-refractivity contribution is 0.623. The number of alkyl halides is 2. The Morgan fingerprint density at radius 2 is 1.53 bits per heavy atom. The van der Waals surface area contributed by atoms with E-state index in [1.807, 2.05) is 0 Å². The predicted molar refractivity (Wildman–Crippen MR) is 95.5 cm³/mol. The molecule has 0 nitrogen and oxygen atoms in total. The Balaban J connectivity index is 3.04. The summed E-state index contributed by atoms with van der Waals surface area (Å²) in [6.45, 7) is 4.48. The van der Waals surface area contributed by atoms with E-state index in [9.17, 15) is 0 Å². The van der Waals surface area contributed by atoms with Crippen molar-refractivity contribution in [1.29, 1.82) is 0 Å². The van der Waals surface area contributed by atoms with Crippen LogP contribution in [0.4, 0.5) is 0 Å². The standard InChI is InChI=1S/C13H28Br2Si2/c1-3-12(2)16-10-8-6-4-5-7-9-11-17-13(14)15/h3,13H,4-11,16-17H2,1-2H3. The molecule has 0 aromatic carbocycles. The summed E-state index contributed by atoms with van der Waals surface area (Å²) in [7, 11) is 0.254. The van der Waals surface area contributed by atoms with Gasteiger partial charge < -0.3 is 0 Å². The fourth-order valence-corrected chi connectivity index (χ4v) is 6.25. The molecule has 0 aliphatic rings. The van der Waals surface area contributed by atoms with Gasteiger partial charge in [-0.2, -0.15) is 0 Å². The van der Waals surface area contributed by atoms with Crippen LogP contribution < -0.4 is 0 Å². The van der Waals surface area contributed by atoms with Crippen LogP contribution in [-0.4, -0.2) is 22.4 Å². The lowest BCUT2D eigenvalue weighted by Gasteiger charge is -2.03. The highest BCUT2D eigenvalue weighted by Gasteiger charge is 1.98. The smallest absolute Gasteiger partial charge is 0.0551 e. The number of allylic oxidation sites excluding steroid dienone is 2. The van der Waals surface area contributed by atoms with Crippen LogP contribution in [0, 0.1) is 0 Å². The Kier molecular flexibility index (Phi) is 14.5. The van der Waals surface area contributed by atoms with Crippen LogP contribution >= 0.6 is 31.9 Å². The van der Waals surface area contributed by atoms with Gasteiger partial charge in [-0.05, 0) is 13.8 Å². The third-order valence-electron chi connectivity index (χ3n) is 3.24. The van der Waals surface area contributed by atoms with Crippen molar-refractivity contribution in [3.8, 4) is 0 Å². The molecule has 4 heteroatoms. The van der Waals surface area contributed by atoms with E-state index < -0.39 is 0 Å². The van der Waals surface area contributed by atoms with Crippen molar-refractivity contribution in [2.24, 2.45) is 0 Å². The second-order valence-corrected chi connectivity index (χ2v) is 15.1. The van der Waals surface area contributed by atoms with Crippen molar-refractivity contribution >= 4 is 50.9 Å². The molecule has 0 N–H and O–H groups in total. The fourth-order valence-electron chi connectivity index (χ4n) is 1.91. The Morgan fingerprint density at radius 3 is 2.06 bits per heavy atom. The van der Waals surface area contributed by atoms with E-state index >= 15 is 0 Å². The molecular weight excluding hydrogens is 372 g/mol. The Hall–Kier alpha value is 1.13. The maximum atomic E-state index is 3.58. The molecule has 0 aromatic heterocycles. The van der Waals surface area contributed by atoms with E-state index in [2.05, 4.69) is 51.8 Å². The number of hydrogen-bond donors (Lipinski definition) is 0. The zero-order chi connectivity index (χ0) is 12.9. The second-order valence-electron chi connectivity index (χ2n) is 4.89. The van der Waals surface area contributed by atoms with Crippen LogP contribution in [-0.2, 0) is 0 Å². The molecule has 0 spiro atoms. The van der Waals surface area contributed by atoms with Gasteiger partial charge in [-0.25, -0.2) is 0 Å². The van der Waals surface area contributed by atoms with Gasteiger partial charge in [0.2, 0.25) is 0 Å². The van der Waals surface area contributed by atoms with Crippen molar-refractivity contribution in [1.82, 2.24) is 0 Å². The van der Waals surface area contributed by atoms with E-state index in [1.54, 1.807) is 5.20 Å². The average molecular weight is 400 g/mol. The molecule has 0 fully saturated rings. The molecule has 0 atom stereocenters. The second kappa shape index (κ2) is 13.6. The van der Waals surface area contributed by atoms with Gasteiger partial charge >= 0.3 is 0 Å². The highest BCUT2D eigenvalue weighted by molar-refractivity contribution is 9.25. The summed E-state index contributed by atoms with van der Waals surface area (Å²) < 4.78 is 0.662. The van der Waals surface area contributed by atoms with Crippen LogP contribution in [0.25, 0.3) is 0 Å². The van der Waals surface area contributed by atoms with Crippen molar-refractivity contribution in [3.05, 3.63) is 11.3 Å². The summed E-state index contributed by atoms with van der Waals surface area (Å²) >= 11 is 7.16. The normalized spacial score (nSPS) is 13.8. The molecule has 0 rings (SSSR count). The van der Waals surface area contributed by atoms with Crippen LogP contribution in [0.15, 0.2) is 11.3 Å². The zero-order valence-electron chi connectivity index (χ0n) is 11.5. The first-order valence-corrected chi connectivity index (χ1v) is 12.4. The van der Waals surface area contributed by atoms with E-state index in [0.717, 1.165) is 0 Å². The van der Waals surface area contributed by atoms with E-state index in [1.165, 1.54) is 50.6 Å². The molecule has 0 heterocycles. The fraction of sp³-hybridized carbons (Fsp3) is 0.846. The minimum atomic E-state index is 0.119. The Labute approximate surface area is 129 Å². The summed E-state index contributed by atoms with van der Waals surface area (Å²) in [5, 5.41) is 1.69. The third-order valence-corrected chi connectivity index (χ3v) is 9.38. The molecule has 0 aliphatic carbocycles. The van der Waals surface area contributed by atoms with E-state index in [4.69, 9.17) is 0 Å². The largest absolute Gasteiger partial charge is 0.0951 e. The summed E-state index contributed by atoms with van der Waals surface area (Å²) in [4.78, 5) is 0. The minimum absolute atomic E-state index is 0.119. The number of halogens is 2. The molecule has 0 amide bonds. The number of rotatable bonds is 11. The first-order valence-electron chi connectivity index (χ1n) is 7.06. The molecule has 0 saturated heterocycles. The van der Waals surface area contributed by atoms with E-state index in [0.29, 0.717) is 3.36 Å². The van der Waals surface area contributed by atoms with Crippen molar-refractivity contribution < 1.29 is 0 Å². The molecule has 0 aliphatic heterocycles. The minimum Gasteiger partial charge on any atom is -0.0951 e. The molecular formula is C13H28Br2Si2. The van der Waals surface area contributed by atoms with Gasteiger partial charge in [0.25, 0.3) is 0 Å². The lowest BCUT2D eigenvalue weighted by Crippen LogP contribution is -1.98. The average Bonchev–Trinajstić information content (AvgIpc) is 2.30. The SMILES string of the molecule is CC=C(C)[SiH2]CCCCCCCC[SiH2]C(Br)Br. The van der Waals surface area contributed by atoms with Gasteiger partial charge in [-0.3, -0.25) is 0 Å². The summed E-state index contributed by atoms with van der Waals surface area (Å²) in [5.74, 6) is 0. The van der Waals surface area contributed by atoms with Gasteiger partial charge in [0.05, 0.1) is 3.36 Å². The van der Waals surface area contributed by atoms with Gasteiger partial charge in [0.1, 0.15) is 0 Å². The zero-order valence-corrected chi connectivity index (χ0v) is 17.5. The van der Waals surface area contributed by atoms with E-state index in [-0.39, 0.29) is 19.0 Å². The monoisotopic (exact) mass is 398 g/mol. The maximum absolute atomic E-state index is 3.58. The van der Waals surface area contributed by atoms with Crippen molar-refractivity contribution in [2.45, 2.75) is 67.8 Å². The molecule has 0 aromatic rings. The van der Waals surface area contributed by atoms with Crippen LogP contribution in [0.3, 0.4) is 0 Å². The molecule has 0 unspecified atom stereocenters. The van der Waals surface area contributed by atoms with Crippen LogP contribution in [0.5, 0.6) is 0 Å². The summed E-state index contributed by atoms with van der Waals surface area (Å²) in [6.07, 6.45) is 11.1. The van der Waals surface area contributed by atoms with Gasteiger partial charge in [-0.1, -0.05) is 93.7 Å². The van der Waals surface area contributed by atoms with Gasteiger partial charge in [-0.15, -0.1) is 0 Å². The molecule has 0 bridgehead atoms. The van der Waals surface area contributed by atoms with Crippen molar-refractivity contribution in [2.75, 3.05) is 0 Å². The van der Waals surface area contributed by atoms with Gasteiger partial charge in [0.15, 0.2) is 0 Å². The molecule has 17 heavy (non-hydrogen) atoms. The summed E-state index contributed by atoms with van der Waals surface area (Å²) in [6, 6.07) is 3.02. The van der Waals surface area contributed by atoms with Gasteiger partial charge in [0, 0.05) is 19.0 Å². The maximum Gasteiger partial charge on any atom is 0.0551 e. The molecule has 0 saturated carbocycles. The first-order chi connectivity index (χ1) is 8.16. The Bertz CT molecular complexity index is 194. The third kappa shape index (κ3) is 15.1. The van der Waals surface area contributed by atoms with Crippen LogP contribution in [0.1, 0.15) is 52.4 Å². The topological polar surface area (TPSA) is 0 Å². The van der Waals surface area contributed by atoms with Crippen LogP contribution in [0.2, 0.25) is 12.1 Å². The number of hydrogen-bond acceptors (Lipinski definition) is 0. The predicted octanol–water partition coefficient (Wildman–Crippen LogP) is 4.50. The Morgan fingerprint density at radius 1 is 1.00 bits per heavy atom. The first kappa shape index (κ1) is 18.1. The lowest BCUT2D eigenvalue weighted by atomic mass is 10.1. The molecule has 102 valence electrons. The number of unbranched alkanes of at least 4 members (excludes halogenated alkanes) is 5. The molecule has 0 radical (unpaired) electrons. The quantitative estimate of drug-likeness (QED) is 0.272. The summed E-state index contributed by atoms with van der Waals surface area (Å²) in [5.41, 5.74) is 0. The highest BCUT2D eigenvalue weighted by atomic mass is 79.9. The highest BCUT2D eigenvalue weighted by Crippen LogP contribution is 2.12.